The molecule has 0 radical (unpaired) electrons. The Morgan fingerprint density at radius 2 is 1.25 bits per heavy atom. The van der Waals surface area contributed by atoms with Crippen LogP contribution in [-0.2, 0) is 28.7 Å². The first-order valence-electron chi connectivity index (χ1n) is 9.53. The monoisotopic (exact) mass is 376 g/mol. The van der Waals surface area contributed by atoms with Crippen LogP contribution in [-0.4, -0.2) is 23.9 Å². The lowest BCUT2D eigenvalue weighted by atomic mass is 9.47. The van der Waals surface area contributed by atoms with Crippen LogP contribution in [0.5, 0.6) is 0 Å². The number of rotatable bonds is 1. The van der Waals surface area contributed by atoms with E-state index in [1.165, 1.54) is 0 Å². The molecule has 2 bridgehead atoms. The van der Waals surface area contributed by atoms with Gasteiger partial charge in [-0.15, -0.1) is 0 Å². The second-order valence-corrected chi connectivity index (χ2v) is 8.21. The fraction of sp³-hybridized carbons (Fsp3) is 0.364. The minimum absolute atomic E-state index is 0.142. The van der Waals surface area contributed by atoms with E-state index in [0.29, 0.717) is 0 Å². The topological polar surface area (TPSA) is 86.7 Å². The van der Waals surface area contributed by atoms with Gasteiger partial charge in [-0.2, -0.15) is 0 Å². The predicted molar refractivity (Wildman–Crippen MR) is 93.7 cm³/mol. The molecule has 2 aliphatic heterocycles. The Hall–Kier alpha value is -3.02. The van der Waals surface area contributed by atoms with Crippen LogP contribution in [0.2, 0.25) is 0 Å². The minimum Gasteiger partial charge on any atom is -0.393 e. The summed E-state index contributed by atoms with van der Waals surface area (Å²) in [6.07, 6.45) is 5.78. The summed E-state index contributed by atoms with van der Waals surface area (Å²) < 4.78 is 9.95. The molecule has 6 heteroatoms. The molecule has 6 aliphatic rings. The second kappa shape index (κ2) is 5.28. The maximum Gasteiger partial charge on any atom is 0.321 e. The van der Waals surface area contributed by atoms with Crippen molar-refractivity contribution in [2.75, 3.05) is 0 Å². The Morgan fingerprint density at radius 1 is 0.643 bits per heavy atom. The molecule has 0 aromatic heterocycles. The predicted octanol–water partition coefficient (Wildman–Crippen LogP) is 1.76. The standard InChI is InChI=1S/C22H16O6/c23-19-13-8-12(9-4-2-1-3-5-9)14-10-6-7-11(15(14)18(13)22(26)27-19)17-16(10)20(24)28-21(17)25/h1-8,10-11,13-18H/t10-,11-,13+,14+,15-,16+,17+,18-/m0/s1. The average molecular weight is 376 g/mol. The van der Waals surface area contributed by atoms with Crippen LogP contribution in [0.3, 0.4) is 0 Å². The number of carbonyl (C=O) groups is 4. The molecular weight excluding hydrogens is 360 g/mol. The highest BCUT2D eigenvalue weighted by Gasteiger charge is 2.67. The number of fused-ring (bicyclic) bond motifs is 1. The zero-order chi connectivity index (χ0) is 19.2. The number of hydrogen-bond acceptors (Lipinski definition) is 6. The summed E-state index contributed by atoms with van der Waals surface area (Å²) in [5.41, 5.74) is 1.90. The zero-order valence-corrected chi connectivity index (χ0v) is 14.7. The largest absolute Gasteiger partial charge is 0.393 e. The van der Waals surface area contributed by atoms with E-state index in [-0.39, 0.29) is 23.7 Å². The molecule has 2 saturated heterocycles. The van der Waals surface area contributed by atoms with Crippen molar-refractivity contribution in [1.82, 2.24) is 0 Å². The molecule has 3 fully saturated rings. The van der Waals surface area contributed by atoms with Crippen LogP contribution < -0.4 is 0 Å². The van der Waals surface area contributed by atoms with Gasteiger partial charge in [-0.25, -0.2) is 0 Å². The van der Waals surface area contributed by atoms with E-state index in [9.17, 15) is 19.2 Å². The van der Waals surface area contributed by atoms with Crippen molar-refractivity contribution in [3.8, 4) is 0 Å². The first-order chi connectivity index (χ1) is 13.6. The Labute approximate surface area is 160 Å². The summed E-state index contributed by atoms with van der Waals surface area (Å²) in [6, 6.07) is 9.68. The number of allylic oxidation sites excluding steroid dienone is 3. The third-order valence-electron chi connectivity index (χ3n) is 7.16. The van der Waals surface area contributed by atoms with Crippen LogP contribution in [0.4, 0.5) is 0 Å². The zero-order valence-electron chi connectivity index (χ0n) is 14.7. The van der Waals surface area contributed by atoms with Crippen molar-refractivity contribution in [1.29, 1.82) is 0 Å². The number of esters is 4. The minimum atomic E-state index is -0.650. The van der Waals surface area contributed by atoms with E-state index in [1.54, 1.807) is 0 Å². The molecular formula is C22H16O6. The van der Waals surface area contributed by atoms with Crippen LogP contribution in [0.25, 0.3) is 5.57 Å². The average Bonchev–Trinajstić information content (AvgIpc) is 3.18. The maximum atomic E-state index is 12.6. The van der Waals surface area contributed by atoms with E-state index in [0.717, 1.165) is 11.1 Å². The highest BCUT2D eigenvalue weighted by atomic mass is 16.6. The number of benzene rings is 1. The van der Waals surface area contributed by atoms with Gasteiger partial charge in [-0.3, -0.25) is 19.2 Å². The van der Waals surface area contributed by atoms with Crippen LogP contribution in [0.1, 0.15) is 5.56 Å². The summed E-state index contributed by atoms with van der Waals surface area (Å²) in [5, 5.41) is 0. The van der Waals surface area contributed by atoms with Gasteiger partial charge in [0.2, 0.25) is 0 Å². The smallest absolute Gasteiger partial charge is 0.321 e. The third-order valence-corrected chi connectivity index (χ3v) is 7.16. The fourth-order valence-corrected chi connectivity index (χ4v) is 6.22. The third kappa shape index (κ3) is 1.83. The number of cyclic esters (lactones) is 4. The first kappa shape index (κ1) is 16.0. The van der Waals surface area contributed by atoms with Crippen molar-refractivity contribution < 1.29 is 28.7 Å². The molecule has 4 aliphatic carbocycles. The van der Waals surface area contributed by atoms with Crippen molar-refractivity contribution >= 4 is 29.5 Å². The molecule has 0 spiro atoms. The summed E-state index contributed by atoms with van der Waals surface area (Å²) in [7, 11) is 0. The summed E-state index contributed by atoms with van der Waals surface area (Å²) >= 11 is 0. The lowest BCUT2D eigenvalue weighted by Crippen LogP contribution is -2.55. The van der Waals surface area contributed by atoms with E-state index in [4.69, 9.17) is 9.47 Å². The van der Waals surface area contributed by atoms with Gasteiger partial charge in [-0.05, 0) is 34.8 Å². The molecule has 7 rings (SSSR count). The number of ether oxygens (including phenoxy) is 2. The Bertz CT molecular complexity index is 1010. The normalized spacial score (nSPS) is 42.5. The summed E-state index contributed by atoms with van der Waals surface area (Å²) in [4.78, 5) is 49.7. The van der Waals surface area contributed by atoms with E-state index >= 15 is 0 Å². The fourth-order valence-electron chi connectivity index (χ4n) is 6.22. The van der Waals surface area contributed by atoms with Crippen LogP contribution in [0, 0.1) is 47.3 Å². The van der Waals surface area contributed by atoms with Gasteiger partial charge in [0, 0.05) is 0 Å². The van der Waals surface area contributed by atoms with Crippen LogP contribution >= 0.6 is 0 Å². The molecule has 28 heavy (non-hydrogen) atoms. The Morgan fingerprint density at radius 3 is 2.00 bits per heavy atom. The van der Waals surface area contributed by atoms with Gasteiger partial charge in [-0.1, -0.05) is 48.6 Å². The highest BCUT2D eigenvalue weighted by molar-refractivity contribution is 6.01. The van der Waals surface area contributed by atoms with Gasteiger partial charge >= 0.3 is 23.9 Å². The number of hydrogen-bond donors (Lipinski definition) is 0. The SMILES string of the molecule is O=C1OC(=O)[C@@H]2[C@H]3C=C[C@H]([C@@H]12)[C@@H]1C(c2ccccc2)=C[C@H]2C(=O)OC(=O)[C@@H]2[C@@H]31. The molecule has 2 heterocycles. The van der Waals surface area contributed by atoms with Crippen molar-refractivity contribution in [2.24, 2.45) is 47.3 Å². The van der Waals surface area contributed by atoms with Crippen molar-refractivity contribution in [3.63, 3.8) is 0 Å². The van der Waals surface area contributed by atoms with E-state index < -0.39 is 47.5 Å². The molecule has 6 nitrogen and oxygen atoms in total. The molecule has 140 valence electrons. The quantitative estimate of drug-likeness (QED) is 0.422. The van der Waals surface area contributed by atoms with Crippen molar-refractivity contribution in [2.45, 2.75) is 0 Å². The maximum absolute atomic E-state index is 12.6. The molecule has 0 N–H and O–H groups in total. The molecule has 0 unspecified atom stereocenters. The summed E-state index contributed by atoms with van der Waals surface area (Å²) in [5.74, 6) is -5.40. The van der Waals surface area contributed by atoms with E-state index in [2.05, 4.69) is 0 Å². The van der Waals surface area contributed by atoms with Crippen molar-refractivity contribution in [3.05, 3.63) is 54.1 Å². The Kier molecular flexibility index (Phi) is 3.01. The Balaban J connectivity index is 1.57. The first-order valence-corrected chi connectivity index (χ1v) is 9.53. The molecule has 0 amide bonds. The molecule has 1 aromatic carbocycles. The lowest BCUT2D eigenvalue weighted by Gasteiger charge is -2.53. The van der Waals surface area contributed by atoms with E-state index in [1.807, 2.05) is 48.6 Å². The van der Waals surface area contributed by atoms with Gasteiger partial charge in [0.05, 0.1) is 23.7 Å². The molecule has 1 aromatic rings. The number of carbonyl (C=O) groups excluding carboxylic acids is 4. The van der Waals surface area contributed by atoms with Crippen LogP contribution in [0.15, 0.2) is 48.6 Å². The highest BCUT2D eigenvalue weighted by Crippen LogP contribution is 2.63. The van der Waals surface area contributed by atoms with Gasteiger partial charge in [0.25, 0.3) is 0 Å². The molecule has 8 atom stereocenters. The van der Waals surface area contributed by atoms with Gasteiger partial charge in [0.15, 0.2) is 0 Å². The lowest BCUT2D eigenvalue weighted by molar-refractivity contribution is -0.156. The van der Waals surface area contributed by atoms with Gasteiger partial charge < -0.3 is 9.47 Å². The second-order valence-electron chi connectivity index (χ2n) is 8.21. The summed E-state index contributed by atoms with van der Waals surface area (Å²) in [6.45, 7) is 0. The van der Waals surface area contributed by atoms with Gasteiger partial charge in [0.1, 0.15) is 0 Å². The molecule has 1 saturated carbocycles.